The zero-order chi connectivity index (χ0) is 40.7. The Bertz CT molecular complexity index is 1870. The van der Waals surface area contributed by atoms with Crippen molar-refractivity contribution in [3.63, 3.8) is 0 Å². The number of rotatable bonds is 9. The minimum atomic E-state index is -0.446. The maximum Gasteiger partial charge on any atom is -0.0134 e. The Balaban J connectivity index is 0.000000146. The van der Waals surface area contributed by atoms with Crippen LogP contribution in [0.3, 0.4) is 0 Å². The molecule has 0 radical (unpaired) electrons. The third kappa shape index (κ3) is 13.0. The van der Waals surface area contributed by atoms with Gasteiger partial charge in [0.2, 0.25) is 0 Å². The van der Waals surface area contributed by atoms with Crippen LogP contribution >= 0.6 is 33.9 Å². The van der Waals surface area contributed by atoms with Crippen LogP contribution in [0.25, 0.3) is 0 Å². The van der Waals surface area contributed by atoms with Gasteiger partial charge in [0.1, 0.15) is 0 Å². The molecular weight excluding hydrogens is 836 g/mol. The fourth-order valence-electron chi connectivity index (χ4n) is 6.54. The first kappa shape index (κ1) is 43.6. The van der Waals surface area contributed by atoms with E-state index in [2.05, 4.69) is 298 Å². The third-order valence-electron chi connectivity index (χ3n) is 9.13. The van der Waals surface area contributed by atoms with E-state index in [0.717, 1.165) is 0 Å². The molecule has 5 heteroatoms. The summed E-state index contributed by atoms with van der Waals surface area (Å²) in [6.07, 6.45) is 0. The van der Waals surface area contributed by atoms with E-state index in [1.165, 1.54) is 47.7 Å². The summed E-state index contributed by atoms with van der Waals surface area (Å²) in [7, 11) is 2.99. The van der Waals surface area contributed by atoms with Crippen molar-refractivity contribution in [2.45, 2.75) is 0 Å². The number of halogens is 1. The Labute approximate surface area is 367 Å². The summed E-state index contributed by atoms with van der Waals surface area (Å²) in [5.74, 6) is 0. The van der Waals surface area contributed by atoms with Crippen molar-refractivity contribution in [2.75, 3.05) is 0 Å². The van der Waals surface area contributed by atoms with Gasteiger partial charge in [0, 0.05) is 0 Å². The fraction of sp³-hybridized carbons (Fsp3) is 0. The Kier molecular flexibility index (Phi) is 18.4. The summed E-state index contributed by atoms with van der Waals surface area (Å²) in [6.45, 7) is 0. The summed E-state index contributed by atoms with van der Waals surface area (Å²) in [5, 5.41) is 12.6. The molecule has 9 rings (SSSR count). The van der Waals surface area contributed by atoms with Crippen LogP contribution in [0.4, 0.5) is 0 Å². The monoisotopic (exact) mass is 880 g/mol. The van der Waals surface area contributed by atoms with Crippen LogP contribution in [-0.2, 0) is 14.8 Å². The van der Waals surface area contributed by atoms with E-state index in [4.69, 9.17) is 0 Å². The maximum atomic E-state index is 4.33. The molecule has 0 unspecified atom stereocenters. The van der Waals surface area contributed by atoms with E-state index in [9.17, 15) is 0 Å². The van der Waals surface area contributed by atoms with E-state index < -0.39 is 23.8 Å². The van der Waals surface area contributed by atoms with Gasteiger partial charge in [-0.15, -0.1) is 0 Å². The molecule has 0 saturated carbocycles. The van der Waals surface area contributed by atoms with Gasteiger partial charge in [-0.05, 0) is 71.5 Å². The van der Waals surface area contributed by atoms with Crippen LogP contribution in [0.2, 0.25) is 0 Å². The first-order valence-corrected chi connectivity index (χ1v) is 24.8. The SMILES string of the molecule is [Cl][Co+].c1ccc(P(c2ccccc2)c2ccccc2)cc1.c1ccc(P(c2ccccc2)c2ccccc2)cc1.c1ccc(P(c2ccccc2)c2ccccc2)cc1. The summed E-state index contributed by atoms with van der Waals surface area (Å²) in [6, 6.07) is 97.0. The quantitative estimate of drug-likeness (QED) is 0.127. The Morgan fingerprint density at radius 1 is 0.169 bits per heavy atom. The van der Waals surface area contributed by atoms with Crippen LogP contribution in [0.1, 0.15) is 0 Å². The average molecular weight is 881 g/mol. The van der Waals surface area contributed by atoms with Gasteiger partial charge in [-0.2, -0.15) is 0 Å². The largest absolute Gasteiger partial charge is 0.0622 e. The summed E-state index contributed by atoms with van der Waals surface area (Å²) < 4.78 is 0. The van der Waals surface area contributed by atoms with Crippen molar-refractivity contribution in [3.8, 4) is 0 Å². The van der Waals surface area contributed by atoms with Gasteiger partial charge in [-0.1, -0.05) is 273 Å². The molecule has 59 heavy (non-hydrogen) atoms. The van der Waals surface area contributed by atoms with Gasteiger partial charge in [0.05, 0.1) is 0 Å². The van der Waals surface area contributed by atoms with E-state index >= 15 is 0 Å². The molecule has 291 valence electrons. The van der Waals surface area contributed by atoms with Gasteiger partial charge in [-0.3, -0.25) is 0 Å². The maximum absolute atomic E-state index is 4.33. The normalized spacial score (nSPS) is 10.3. The van der Waals surface area contributed by atoms with Crippen molar-refractivity contribution in [3.05, 3.63) is 273 Å². The molecule has 0 nitrogen and oxygen atoms in total. The van der Waals surface area contributed by atoms with Crippen LogP contribution < -0.4 is 47.7 Å². The van der Waals surface area contributed by atoms with E-state index in [0.29, 0.717) is 0 Å². The zero-order valence-electron chi connectivity index (χ0n) is 32.5. The molecular formula is C54H45ClCoP3+. The van der Waals surface area contributed by atoms with E-state index in [1.54, 1.807) is 0 Å². The second-order valence-electron chi connectivity index (χ2n) is 13.0. The van der Waals surface area contributed by atoms with Crippen LogP contribution in [0.15, 0.2) is 273 Å². The van der Waals surface area contributed by atoms with Crippen molar-refractivity contribution in [2.24, 2.45) is 0 Å². The molecule has 0 bridgehead atoms. The number of benzene rings is 9. The minimum absolute atomic E-state index is 0.446. The molecule has 0 aliphatic heterocycles. The van der Waals surface area contributed by atoms with Crippen molar-refractivity contribution in [1.29, 1.82) is 0 Å². The fourth-order valence-corrected chi connectivity index (χ4v) is 13.5. The number of hydrogen-bond acceptors (Lipinski definition) is 0. The molecule has 0 spiro atoms. The first-order valence-electron chi connectivity index (χ1n) is 19.3. The van der Waals surface area contributed by atoms with Gasteiger partial charge in [0.15, 0.2) is 0 Å². The molecule has 9 aromatic rings. The smallest absolute Gasteiger partial charge is 0.0134 e. The molecule has 0 atom stereocenters. The molecule has 0 fully saturated rings. The summed E-state index contributed by atoms with van der Waals surface area (Å²) >= 11 is 3.03. The van der Waals surface area contributed by atoms with Gasteiger partial charge in [0.25, 0.3) is 0 Å². The summed E-state index contributed by atoms with van der Waals surface area (Å²) in [5.41, 5.74) is 0. The molecule has 9 aromatic carbocycles. The Morgan fingerprint density at radius 3 is 0.339 bits per heavy atom. The van der Waals surface area contributed by atoms with Gasteiger partial charge in [-0.25, -0.2) is 0 Å². The van der Waals surface area contributed by atoms with Crippen molar-refractivity contribution < 1.29 is 14.8 Å². The molecule has 0 amide bonds. The standard InChI is InChI=1S/3C18H15P.ClH.Co/c3*1-4-10-16(11-5-1)19(17-12-6-2-7-13-17)18-14-8-3-9-15-18;;/h3*1-15H;1H;/q;;;;+2/p-1. The average Bonchev–Trinajstić information content (AvgIpc) is 3.34. The van der Waals surface area contributed by atoms with E-state index in [-0.39, 0.29) is 0 Å². The van der Waals surface area contributed by atoms with Gasteiger partial charge >= 0.3 is 25.0 Å². The topological polar surface area (TPSA) is 0 Å². The second kappa shape index (κ2) is 24.9. The second-order valence-corrected chi connectivity index (χ2v) is 19.7. The molecule has 0 aliphatic carbocycles. The predicted molar refractivity (Wildman–Crippen MR) is 261 cm³/mol. The van der Waals surface area contributed by atoms with Crippen LogP contribution in [-0.4, -0.2) is 0 Å². The molecule has 0 saturated heterocycles. The van der Waals surface area contributed by atoms with Crippen LogP contribution in [0.5, 0.6) is 0 Å². The third-order valence-corrected chi connectivity index (χ3v) is 16.5. The van der Waals surface area contributed by atoms with Gasteiger partial charge < -0.3 is 0 Å². The van der Waals surface area contributed by atoms with E-state index in [1.807, 2.05) is 0 Å². The molecule has 0 heterocycles. The zero-order valence-corrected chi connectivity index (χ0v) is 37.0. The Morgan fingerprint density at radius 2 is 0.254 bits per heavy atom. The predicted octanol–water partition coefficient (Wildman–Crippen LogP) is 11.0. The molecule has 0 aromatic heterocycles. The van der Waals surface area contributed by atoms with Crippen molar-refractivity contribution in [1.82, 2.24) is 0 Å². The minimum Gasteiger partial charge on any atom is -0.0622 e. The van der Waals surface area contributed by atoms with Crippen LogP contribution in [0, 0.1) is 0 Å². The molecule has 0 N–H and O–H groups in total. The summed E-state index contributed by atoms with van der Waals surface area (Å²) in [4.78, 5) is 0. The van der Waals surface area contributed by atoms with Crippen molar-refractivity contribution >= 4 is 81.7 Å². The Hall–Kier alpha value is -4.93. The first-order chi connectivity index (χ1) is 29.3. The molecule has 0 aliphatic rings. The number of hydrogen-bond donors (Lipinski definition) is 0.